The van der Waals surface area contributed by atoms with Crippen molar-refractivity contribution < 1.29 is 23.4 Å². The lowest BCUT2D eigenvalue weighted by Gasteiger charge is -2.14. The zero-order valence-corrected chi connectivity index (χ0v) is 18.3. The Bertz CT molecular complexity index is 1230. The Morgan fingerprint density at radius 3 is 2.34 bits per heavy atom. The Hall–Kier alpha value is -3.91. The maximum Gasteiger partial charge on any atom is 0.276 e. The van der Waals surface area contributed by atoms with Crippen LogP contribution in [-0.4, -0.2) is 37.0 Å². The van der Waals surface area contributed by atoms with Gasteiger partial charge in [-0.2, -0.15) is 5.10 Å². The van der Waals surface area contributed by atoms with Crippen LogP contribution in [0.3, 0.4) is 0 Å². The van der Waals surface area contributed by atoms with Crippen LogP contribution in [0.4, 0.5) is 5.69 Å². The molecule has 2 aromatic carbocycles. The van der Waals surface area contributed by atoms with E-state index in [2.05, 4.69) is 10.4 Å². The summed E-state index contributed by atoms with van der Waals surface area (Å²) in [6.07, 6.45) is 1.56. The van der Waals surface area contributed by atoms with Crippen LogP contribution in [0.5, 0.6) is 17.2 Å². The lowest BCUT2D eigenvalue weighted by molar-refractivity contribution is 0.102. The highest BCUT2D eigenvalue weighted by Gasteiger charge is 2.20. The molecule has 164 valence electrons. The molecule has 2 heterocycles. The average molecular weight is 454 g/mol. The molecule has 0 radical (unpaired) electrons. The Morgan fingerprint density at radius 1 is 1.00 bits per heavy atom. The van der Waals surface area contributed by atoms with Crippen LogP contribution in [0.15, 0.2) is 65.3 Å². The molecule has 0 spiro atoms. The summed E-state index contributed by atoms with van der Waals surface area (Å²) < 4.78 is 23.2. The minimum atomic E-state index is -0.423. The van der Waals surface area contributed by atoms with Crippen molar-refractivity contribution in [3.05, 3.63) is 71.6 Å². The number of methoxy groups -OCH3 is 3. The van der Waals surface area contributed by atoms with E-state index in [-0.39, 0.29) is 5.69 Å². The first-order valence-corrected chi connectivity index (χ1v) is 9.93. The van der Waals surface area contributed by atoms with Crippen molar-refractivity contribution in [3.63, 3.8) is 0 Å². The molecule has 0 saturated carbocycles. The van der Waals surface area contributed by atoms with Crippen LogP contribution in [-0.2, 0) is 0 Å². The van der Waals surface area contributed by atoms with E-state index in [1.807, 2.05) is 6.07 Å². The van der Waals surface area contributed by atoms with E-state index >= 15 is 0 Å². The maximum absolute atomic E-state index is 13.0. The Kier molecular flexibility index (Phi) is 6.04. The van der Waals surface area contributed by atoms with E-state index < -0.39 is 5.91 Å². The summed E-state index contributed by atoms with van der Waals surface area (Å²) in [7, 11) is 4.52. The SMILES string of the molecule is COc1cc(NC(=O)c2cc(-c3ccco3)n(-c3cccc(Cl)c3)n2)cc(OC)c1OC. The molecule has 1 amide bonds. The zero-order chi connectivity index (χ0) is 22.7. The lowest BCUT2D eigenvalue weighted by atomic mass is 10.2. The molecular weight excluding hydrogens is 434 g/mol. The number of hydrogen-bond acceptors (Lipinski definition) is 6. The predicted octanol–water partition coefficient (Wildman–Crippen LogP) is 5.06. The number of hydrogen-bond donors (Lipinski definition) is 1. The zero-order valence-electron chi connectivity index (χ0n) is 17.6. The fourth-order valence-corrected chi connectivity index (χ4v) is 3.43. The summed E-state index contributed by atoms with van der Waals surface area (Å²) in [6, 6.07) is 15.6. The monoisotopic (exact) mass is 453 g/mol. The molecule has 0 unspecified atom stereocenters. The second kappa shape index (κ2) is 9.07. The lowest BCUT2D eigenvalue weighted by Crippen LogP contribution is -2.13. The van der Waals surface area contributed by atoms with Crippen LogP contribution >= 0.6 is 11.6 Å². The van der Waals surface area contributed by atoms with Crippen molar-refractivity contribution >= 4 is 23.2 Å². The number of aromatic nitrogens is 2. The van der Waals surface area contributed by atoms with Crippen LogP contribution in [0.2, 0.25) is 5.02 Å². The second-order valence-corrected chi connectivity index (χ2v) is 7.09. The van der Waals surface area contributed by atoms with Gasteiger partial charge in [0.25, 0.3) is 5.91 Å². The number of nitrogens with zero attached hydrogens (tertiary/aromatic N) is 2. The van der Waals surface area contributed by atoms with Crippen molar-refractivity contribution in [1.29, 1.82) is 0 Å². The third-order valence-corrected chi connectivity index (χ3v) is 4.93. The average Bonchev–Trinajstić information content (AvgIpc) is 3.48. The van der Waals surface area contributed by atoms with Crippen molar-refractivity contribution in [2.24, 2.45) is 0 Å². The molecule has 0 bridgehead atoms. The van der Waals surface area contributed by atoms with E-state index in [4.69, 9.17) is 30.2 Å². The van der Waals surface area contributed by atoms with Gasteiger partial charge in [0.15, 0.2) is 23.0 Å². The topological polar surface area (TPSA) is 87.8 Å². The minimum absolute atomic E-state index is 0.185. The van der Waals surface area contributed by atoms with Crippen LogP contribution in [0.25, 0.3) is 17.1 Å². The van der Waals surface area contributed by atoms with Crippen molar-refractivity contribution in [1.82, 2.24) is 9.78 Å². The van der Waals surface area contributed by atoms with Gasteiger partial charge >= 0.3 is 0 Å². The third kappa shape index (κ3) is 4.13. The van der Waals surface area contributed by atoms with Gasteiger partial charge in [-0.05, 0) is 30.3 Å². The van der Waals surface area contributed by atoms with Gasteiger partial charge in [-0.1, -0.05) is 17.7 Å². The van der Waals surface area contributed by atoms with E-state index in [0.29, 0.717) is 45.1 Å². The van der Waals surface area contributed by atoms with Gasteiger partial charge in [0.1, 0.15) is 5.69 Å². The van der Waals surface area contributed by atoms with Crippen molar-refractivity contribution in [3.8, 4) is 34.4 Å². The van der Waals surface area contributed by atoms with E-state index in [1.165, 1.54) is 21.3 Å². The van der Waals surface area contributed by atoms with Gasteiger partial charge in [-0.3, -0.25) is 4.79 Å². The molecule has 0 aliphatic rings. The molecule has 0 aliphatic carbocycles. The molecule has 0 saturated heterocycles. The molecule has 2 aromatic heterocycles. The number of halogens is 1. The fourth-order valence-electron chi connectivity index (χ4n) is 3.24. The van der Waals surface area contributed by atoms with Crippen LogP contribution in [0.1, 0.15) is 10.5 Å². The highest BCUT2D eigenvalue weighted by molar-refractivity contribution is 6.30. The highest BCUT2D eigenvalue weighted by Crippen LogP contribution is 2.40. The minimum Gasteiger partial charge on any atom is -0.493 e. The van der Waals surface area contributed by atoms with Crippen molar-refractivity contribution in [2.75, 3.05) is 26.6 Å². The highest BCUT2D eigenvalue weighted by atomic mass is 35.5. The normalized spacial score (nSPS) is 10.6. The molecule has 0 aliphatic heterocycles. The number of rotatable bonds is 7. The van der Waals surface area contributed by atoms with Gasteiger partial charge in [0.2, 0.25) is 5.75 Å². The first-order chi connectivity index (χ1) is 15.5. The fraction of sp³-hybridized carbons (Fsp3) is 0.130. The Morgan fingerprint density at radius 2 is 1.75 bits per heavy atom. The molecule has 0 fully saturated rings. The first kappa shape index (κ1) is 21.3. The summed E-state index contributed by atoms with van der Waals surface area (Å²) in [4.78, 5) is 13.0. The number of ether oxygens (including phenoxy) is 3. The standard InChI is InChI=1S/C23H20ClN3O5/c1-29-20-11-15(12-21(30-2)22(20)31-3)25-23(28)17-13-18(19-8-5-9-32-19)27(26-17)16-7-4-6-14(24)10-16/h4-13H,1-3H3,(H,25,28). The van der Waals surface area contributed by atoms with Gasteiger partial charge < -0.3 is 23.9 Å². The second-order valence-electron chi connectivity index (χ2n) is 6.65. The van der Waals surface area contributed by atoms with Crippen LogP contribution < -0.4 is 19.5 Å². The number of anilines is 1. The summed E-state index contributed by atoms with van der Waals surface area (Å²) >= 11 is 6.15. The predicted molar refractivity (Wildman–Crippen MR) is 120 cm³/mol. The largest absolute Gasteiger partial charge is 0.493 e. The van der Waals surface area contributed by atoms with Gasteiger partial charge in [0.05, 0.1) is 33.3 Å². The summed E-state index contributed by atoms with van der Waals surface area (Å²) in [5.74, 6) is 1.40. The van der Waals surface area contributed by atoms with Gasteiger partial charge in [-0.15, -0.1) is 0 Å². The molecular formula is C23H20ClN3O5. The summed E-state index contributed by atoms with van der Waals surface area (Å²) in [5.41, 5.74) is 1.94. The molecule has 1 N–H and O–H groups in total. The number of amides is 1. The maximum atomic E-state index is 13.0. The van der Waals surface area contributed by atoms with Gasteiger partial charge in [0, 0.05) is 28.9 Å². The molecule has 32 heavy (non-hydrogen) atoms. The van der Waals surface area contributed by atoms with Crippen molar-refractivity contribution in [2.45, 2.75) is 0 Å². The number of furan rings is 1. The van der Waals surface area contributed by atoms with Crippen LogP contribution in [0, 0.1) is 0 Å². The molecule has 4 aromatic rings. The third-order valence-electron chi connectivity index (χ3n) is 4.69. The van der Waals surface area contributed by atoms with E-state index in [1.54, 1.807) is 59.5 Å². The number of nitrogens with one attached hydrogen (secondary N) is 1. The summed E-state index contributed by atoms with van der Waals surface area (Å²) in [6.45, 7) is 0. The van der Waals surface area contributed by atoms with E-state index in [9.17, 15) is 4.79 Å². The summed E-state index contributed by atoms with van der Waals surface area (Å²) in [5, 5.41) is 7.86. The first-order valence-electron chi connectivity index (χ1n) is 9.55. The Labute approximate surface area is 189 Å². The quantitative estimate of drug-likeness (QED) is 0.420. The smallest absolute Gasteiger partial charge is 0.276 e. The number of benzene rings is 2. The number of carbonyl (C=O) groups is 1. The molecule has 4 rings (SSSR count). The number of carbonyl (C=O) groups excluding carboxylic acids is 1. The molecule has 0 atom stereocenters. The Balaban J connectivity index is 1.71. The molecule has 9 heteroatoms. The molecule has 8 nitrogen and oxygen atoms in total. The van der Waals surface area contributed by atoms with Gasteiger partial charge in [-0.25, -0.2) is 4.68 Å². The van der Waals surface area contributed by atoms with E-state index in [0.717, 1.165) is 0 Å².